The molecule has 0 saturated heterocycles. The number of ether oxygens (including phenoxy) is 1. The summed E-state index contributed by atoms with van der Waals surface area (Å²) in [6, 6.07) is 7.94. The lowest BCUT2D eigenvalue weighted by atomic mass is 10.2. The van der Waals surface area contributed by atoms with Gasteiger partial charge in [0, 0.05) is 18.2 Å². The fraction of sp³-hybridized carbons (Fsp3) is 0.143. The first-order valence-corrected chi connectivity index (χ1v) is 6.44. The van der Waals surface area contributed by atoms with E-state index in [9.17, 15) is 14.5 Å². The number of benzene rings is 2. The molecule has 0 saturated carbocycles. The molecule has 2 aromatic carbocycles. The molecule has 0 aromatic heterocycles. The average molecular weight is 311 g/mol. The molecule has 0 radical (unpaired) electrons. The molecule has 0 aliphatic heterocycles. The number of halogens is 2. The molecule has 0 amide bonds. The molecule has 0 spiro atoms. The van der Waals surface area contributed by atoms with Crippen molar-refractivity contribution in [3.63, 3.8) is 0 Å². The summed E-state index contributed by atoms with van der Waals surface area (Å²) in [6.45, 7) is 0.389. The molecular formula is C14H12ClFN2O3. The zero-order chi connectivity index (χ0) is 15.4. The summed E-state index contributed by atoms with van der Waals surface area (Å²) >= 11 is 5.97. The van der Waals surface area contributed by atoms with Gasteiger partial charge in [-0.1, -0.05) is 11.6 Å². The first kappa shape index (κ1) is 15.2. The van der Waals surface area contributed by atoms with Crippen molar-refractivity contribution in [2.75, 3.05) is 7.05 Å². The summed E-state index contributed by atoms with van der Waals surface area (Å²) in [6.07, 6.45) is 0. The fourth-order valence-corrected chi connectivity index (χ4v) is 1.93. The van der Waals surface area contributed by atoms with Crippen molar-refractivity contribution in [3.8, 4) is 11.5 Å². The third-order valence-electron chi connectivity index (χ3n) is 2.74. The van der Waals surface area contributed by atoms with E-state index in [0.717, 1.165) is 0 Å². The van der Waals surface area contributed by atoms with Crippen LogP contribution in [-0.4, -0.2) is 12.0 Å². The number of nitro groups is 1. The van der Waals surface area contributed by atoms with E-state index in [1.54, 1.807) is 7.05 Å². The first-order chi connectivity index (χ1) is 10.0. The monoisotopic (exact) mass is 310 g/mol. The number of nitrogens with one attached hydrogen (secondary N) is 1. The van der Waals surface area contributed by atoms with Gasteiger partial charge in [-0.3, -0.25) is 10.1 Å². The highest BCUT2D eigenvalue weighted by Crippen LogP contribution is 2.34. The Kier molecular flexibility index (Phi) is 4.72. The van der Waals surface area contributed by atoms with Crippen molar-refractivity contribution in [3.05, 3.63) is 62.9 Å². The molecule has 0 aliphatic carbocycles. The summed E-state index contributed by atoms with van der Waals surface area (Å²) in [5.74, 6) is 0.140. The van der Waals surface area contributed by atoms with Gasteiger partial charge in [-0.15, -0.1) is 0 Å². The molecule has 2 aromatic rings. The summed E-state index contributed by atoms with van der Waals surface area (Å²) < 4.78 is 18.9. The van der Waals surface area contributed by atoms with Crippen LogP contribution in [0.15, 0.2) is 36.4 Å². The molecule has 0 bridgehead atoms. The van der Waals surface area contributed by atoms with E-state index in [1.807, 2.05) is 0 Å². The van der Waals surface area contributed by atoms with Crippen LogP contribution in [0.4, 0.5) is 10.1 Å². The van der Waals surface area contributed by atoms with Crippen LogP contribution in [0.1, 0.15) is 5.56 Å². The van der Waals surface area contributed by atoms with Crippen LogP contribution in [-0.2, 0) is 6.54 Å². The van der Waals surface area contributed by atoms with Gasteiger partial charge in [0.1, 0.15) is 11.6 Å². The Balaban J connectivity index is 2.37. The van der Waals surface area contributed by atoms with Gasteiger partial charge in [0.05, 0.1) is 16.0 Å². The average Bonchev–Trinajstić information content (AvgIpc) is 2.44. The Morgan fingerprint density at radius 1 is 1.29 bits per heavy atom. The molecule has 7 heteroatoms. The van der Waals surface area contributed by atoms with Crippen LogP contribution in [0.5, 0.6) is 11.5 Å². The molecule has 5 nitrogen and oxygen atoms in total. The minimum absolute atomic E-state index is 0.133. The topological polar surface area (TPSA) is 64.4 Å². The molecular weight excluding hydrogens is 299 g/mol. The van der Waals surface area contributed by atoms with Crippen LogP contribution in [0.2, 0.25) is 5.02 Å². The lowest BCUT2D eigenvalue weighted by molar-refractivity contribution is -0.384. The lowest BCUT2D eigenvalue weighted by Gasteiger charge is -2.12. The van der Waals surface area contributed by atoms with Crippen LogP contribution >= 0.6 is 11.6 Å². The second kappa shape index (κ2) is 6.51. The van der Waals surface area contributed by atoms with Crippen LogP contribution in [0.25, 0.3) is 0 Å². The summed E-state index contributed by atoms with van der Waals surface area (Å²) in [5, 5.41) is 13.9. The summed E-state index contributed by atoms with van der Waals surface area (Å²) in [4.78, 5) is 10.2. The third-order valence-corrected chi connectivity index (χ3v) is 3.05. The van der Waals surface area contributed by atoms with Gasteiger partial charge in [-0.2, -0.15) is 0 Å². The quantitative estimate of drug-likeness (QED) is 0.672. The second-order valence-corrected chi connectivity index (χ2v) is 4.66. The molecule has 1 N–H and O–H groups in total. The number of rotatable bonds is 5. The molecule has 110 valence electrons. The van der Waals surface area contributed by atoms with Gasteiger partial charge in [0.2, 0.25) is 0 Å². The highest BCUT2D eigenvalue weighted by atomic mass is 35.5. The molecule has 0 atom stereocenters. The van der Waals surface area contributed by atoms with E-state index in [1.165, 1.54) is 36.4 Å². The van der Waals surface area contributed by atoms with Crippen LogP contribution < -0.4 is 10.1 Å². The maximum Gasteiger partial charge on any atom is 0.273 e. The van der Waals surface area contributed by atoms with Gasteiger partial charge in [-0.25, -0.2) is 4.39 Å². The molecule has 0 aliphatic rings. The molecule has 2 rings (SSSR count). The van der Waals surface area contributed by atoms with E-state index in [4.69, 9.17) is 16.3 Å². The van der Waals surface area contributed by atoms with Gasteiger partial charge >= 0.3 is 0 Å². The fourth-order valence-electron chi connectivity index (χ4n) is 1.78. The van der Waals surface area contributed by atoms with Crippen molar-refractivity contribution in [1.82, 2.24) is 5.32 Å². The van der Waals surface area contributed by atoms with Crippen LogP contribution in [0.3, 0.4) is 0 Å². The first-order valence-electron chi connectivity index (χ1n) is 6.06. The number of non-ortho nitro benzene ring substituents is 1. The van der Waals surface area contributed by atoms with E-state index in [2.05, 4.69) is 5.32 Å². The Morgan fingerprint density at radius 2 is 2.05 bits per heavy atom. The normalized spacial score (nSPS) is 10.4. The lowest BCUT2D eigenvalue weighted by Crippen LogP contribution is -2.07. The van der Waals surface area contributed by atoms with Crippen molar-refractivity contribution in [2.24, 2.45) is 0 Å². The standard InChI is InChI=1S/C14H12ClFN2O3/c1-17-8-9-6-10(16)2-5-13(9)21-14-7-11(18(19)20)3-4-12(14)15/h2-7,17H,8H2,1H3. The van der Waals surface area contributed by atoms with Crippen LogP contribution in [0, 0.1) is 15.9 Å². The molecule has 21 heavy (non-hydrogen) atoms. The Morgan fingerprint density at radius 3 is 2.71 bits per heavy atom. The van der Waals surface area contributed by atoms with Crippen molar-refractivity contribution in [1.29, 1.82) is 0 Å². The van der Waals surface area contributed by atoms with Gasteiger partial charge < -0.3 is 10.1 Å². The smallest absolute Gasteiger partial charge is 0.273 e. The second-order valence-electron chi connectivity index (χ2n) is 4.26. The maximum absolute atomic E-state index is 13.3. The zero-order valence-corrected chi connectivity index (χ0v) is 11.9. The largest absolute Gasteiger partial charge is 0.455 e. The predicted octanol–water partition coefficient (Wildman–Crippen LogP) is 3.90. The minimum atomic E-state index is -0.539. The van der Waals surface area contributed by atoms with Gasteiger partial charge in [0.15, 0.2) is 5.75 Å². The molecule has 0 fully saturated rings. The molecule has 0 heterocycles. The van der Waals surface area contributed by atoms with E-state index >= 15 is 0 Å². The maximum atomic E-state index is 13.3. The van der Waals surface area contributed by atoms with E-state index in [-0.39, 0.29) is 16.5 Å². The Bertz CT molecular complexity index is 679. The van der Waals surface area contributed by atoms with Crippen molar-refractivity contribution in [2.45, 2.75) is 6.54 Å². The summed E-state index contributed by atoms with van der Waals surface area (Å²) in [7, 11) is 1.72. The minimum Gasteiger partial charge on any atom is -0.455 e. The van der Waals surface area contributed by atoms with E-state index < -0.39 is 10.7 Å². The Hall–Kier alpha value is -2.18. The predicted molar refractivity (Wildman–Crippen MR) is 77.3 cm³/mol. The highest BCUT2D eigenvalue weighted by molar-refractivity contribution is 6.32. The summed E-state index contributed by atoms with van der Waals surface area (Å²) in [5.41, 5.74) is 0.451. The Labute approximate surface area is 125 Å². The van der Waals surface area contributed by atoms with Gasteiger partial charge in [-0.05, 0) is 31.3 Å². The number of hydrogen-bond acceptors (Lipinski definition) is 4. The van der Waals surface area contributed by atoms with Gasteiger partial charge in [0.25, 0.3) is 5.69 Å². The third kappa shape index (κ3) is 3.68. The number of nitrogens with zero attached hydrogens (tertiary/aromatic N) is 1. The zero-order valence-electron chi connectivity index (χ0n) is 11.1. The van der Waals surface area contributed by atoms with E-state index in [0.29, 0.717) is 17.9 Å². The van der Waals surface area contributed by atoms with Crippen molar-refractivity contribution < 1.29 is 14.1 Å². The highest BCUT2D eigenvalue weighted by Gasteiger charge is 2.13. The number of nitro benzene ring substituents is 1. The van der Waals surface area contributed by atoms with Crippen molar-refractivity contribution >= 4 is 17.3 Å². The number of hydrogen-bond donors (Lipinski definition) is 1. The molecule has 0 unspecified atom stereocenters. The SMILES string of the molecule is CNCc1cc(F)ccc1Oc1cc([N+](=O)[O-])ccc1Cl.